The fourth-order valence-electron chi connectivity index (χ4n) is 2.86. The second-order valence-corrected chi connectivity index (χ2v) is 5.38. The molecule has 0 atom stereocenters. The number of halogens is 2. The Bertz CT molecular complexity index is 1030. The van der Waals surface area contributed by atoms with Gasteiger partial charge >= 0.3 is 0 Å². The van der Waals surface area contributed by atoms with E-state index in [0.717, 1.165) is 0 Å². The highest BCUT2D eigenvalue weighted by atomic mass is 35.5. The topological polar surface area (TPSA) is 107 Å². The summed E-state index contributed by atoms with van der Waals surface area (Å²) in [4.78, 5) is 8.55. The summed E-state index contributed by atoms with van der Waals surface area (Å²) in [7, 11) is 0. The van der Waals surface area contributed by atoms with Crippen molar-refractivity contribution >= 4 is 46.6 Å². The van der Waals surface area contributed by atoms with Crippen LogP contribution in [-0.4, -0.2) is 30.4 Å². The molecule has 8 heteroatoms. The van der Waals surface area contributed by atoms with E-state index in [1.54, 1.807) is 36.7 Å². The number of nitrogens with zero attached hydrogens (tertiary/aromatic N) is 2. The number of hydrogen-bond acceptors (Lipinski definition) is 6. The second kappa shape index (κ2) is 7.11. The molecule has 4 N–H and O–H groups in total. The summed E-state index contributed by atoms with van der Waals surface area (Å²) in [6.45, 7) is 0. The quantitative estimate of drug-likeness (QED) is 0.363. The van der Waals surface area contributed by atoms with Crippen molar-refractivity contribution in [3.05, 3.63) is 48.8 Å². The van der Waals surface area contributed by atoms with E-state index >= 15 is 0 Å². The molecule has 0 saturated heterocycles. The predicted octanol–water partition coefficient (Wildman–Crippen LogP) is 4.12. The Morgan fingerprint density at radius 1 is 0.615 bits per heavy atom. The largest absolute Gasteiger partial charge is 0.504 e. The lowest BCUT2D eigenvalue weighted by Gasteiger charge is -2.13. The second-order valence-electron chi connectivity index (χ2n) is 5.38. The third-order valence-electron chi connectivity index (χ3n) is 3.97. The lowest BCUT2D eigenvalue weighted by molar-refractivity contribution is 0.407. The van der Waals surface area contributed by atoms with Gasteiger partial charge in [0.05, 0.1) is 11.0 Å². The van der Waals surface area contributed by atoms with Crippen LogP contribution in [-0.2, 0) is 0 Å². The van der Waals surface area contributed by atoms with Crippen molar-refractivity contribution in [2.75, 3.05) is 0 Å². The number of phenols is 4. The average molecular weight is 393 g/mol. The zero-order valence-electron chi connectivity index (χ0n) is 13.1. The molecule has 0 aliphatic heterocycles. The van der Waals surface area contributed by atoms with Gasteiger partial charge < -0.3 is 20.4 Å². The first kappa shape index (κ1) is 19.4. The van der Waals surface area contributed by atoms with Crippen molar-refractivity contribution < 1.29 is 20.4 Å². The van der Waals surface area contributed by atoms with E-state index in [0.29, 0.717) is 32.9 Å². The first-order valence-corrected chi connectivity index (χ1v) is 7.17. The summed E-state index contributed by atoms with van der Waals surface area (Å²) in [6, 6.07) is 9.30. The molecular formula is C18H14Cl2N2O4. The summed E-state index contributed by atoms with van der Waals surface area (Å²) in [5.41, 5.74) is 1.87. The smallest absolute Gasteiger partial charge is 0.167 e. The van der Waals surface area contributed by atoms with E-state index < -0.39 is 0 Å². The van der Waals surface area contributed by atoms with Crippen molar-refractivity contribution in [1.82, 2.24) is 9.97 Å². The van der Waals surface area contributed by atoms with E-state index in [1.165, 1.54) is 12.1 Å². The minimum absolute atomic E-state index is 0. The van der Waals surface area contributed by atoms with Gasteiger partial charge in [-0.3, -0.25) is 9.97 Å². The van der Waals surface area contributed by atoms with Crippen LogP contribution in [0.15, 0.2) is 48.8 Å². The first-order chi connectivity index (χ1) is 11.6. The standard InChI is InChI=1S/C18H12N2O4.2ClH/c21-13-7-11(15-9(17(13)23)3-1-5-19-15)12-8-14(22)18(24)10-4-2-6-20-16(10)12;;/h1-8,21-24H;2*1H. The molecule has 0 amide bonds. The van der Waals surface area contributed by atoms with E-state index in [-0.39, 0.29) is 47.8 Å². The van der Waals surface area contributed by atoms with Gasteiger partial charge in [0, 0.05) is 34.3 Å². The summed E-state index contributed by atoms with van der Waals surface area (Å²) < 4.78 is 0. The Hall–Kier alpha value is -2.96. The lowest BCUT2D eigenvalue weighted by Crippen LogP contribution is -1.90. The van der Waals surface area contributed by atoms with Crippen LogP contribution in [0.2, 0.25) is 0 Å². The van der Waals surface area contributed by atoms with Gasteiger partial charge in [0.1, 0.15) is 0 Å². The normalized spacial score (nSPS) is 10.3. The molecule has 0 radical (unpaired) electrons. The minimum Gasteiger partial charge on any atom is -0.504 e. The lowest BCUT2D eigenvalue weighted by atomic mass is 9.97. The third-order valence-corrected chi connectivity index (χ3v) is 3.97. The van der Waals surface area contributed by atoms with Crippen LogP contribution in [0.4, 0.5) is 0 Å². The average Bonchev–Trinajstić information content (AvgIpc) is 2.61. The van der Waals surface area contributed by atoms with Crippen LogP contribution in [0.25, 0.3) is 32.9 Å². The number of rotatable bonds is 1. The third kappa shape index (κ3) is 2.79. The highest BCUT2D eigenvalue weighted by molar-refractivity contribution is 6.07. The van der Waals surface area contributed by atoms with Gasteiger partial charge in [-0.1, -0.05) is 0 Å². The maximum Gasteiger partial charge on any atom is 0.167 e. The molecule has 0 aliphatic carbocycles. The zero-order chi connectivity index (χ0) is 16.8. The molecule has 0 spiro atoms. The number of aromatic nitrogens is 2. The summed E-state index contributed by atoms with van der Waals surface area (Å²) >= 11 is 0. The van der Waals surface area contributed by atoms with E-state index in [2.05, 4.69) is 9.97 Å². The molecule has 0 fully saturated rings. The van der Waals surface area contributed by atoms with E-state index in [4.69, 9.17) is 0 Å². The molecule has 2 aromatic heterocycles. The van der Waals surface area contributed by atoms with Gasteiger partial charge in [0.15, 0.2) is 23.0 Å². The van der Waals surface area contributed by atoms with Crippen LogP contribution in [0.1, 0.15) is 0 Å². The van der Waals surface area contributed by atoms with Gasteiger partial charge in [-0.2, -0.15) is 0 Å². The molecule has 26 heavy (non-hydrogen) atoms. The number of pyridine rings is 2. The maximum absolute atomic E-state index is 10.0. The van der Waals surface area contributed by atoms with Crippen molar-refractivity contribution in [3.8, 4) is 34.1 Å². The molecule has 2 heterocycles. The molecule has 0 bridgehead atoms. The fourth-order valence-corrected chi connectivity index (χ4v) is 2.86. The van der Waals surface area contributed by atoms with Gasteiger partial charge in [0.2, 0.25) is 0 Å². The zero-order valence-corrected chi connectivity index (χ0v) is 14.8. The molecule has 0 saturated carbocycles. The fraction of sp³-hybridized carbons (Fsp3) is 0. The van der Waals surface area contributed by atoms with Gasteiger partial charge in [-0.25, -0.2) is 0 Å². The molecular weight excluding hydrogens is 379 g/mol. The summed E-state index contributed by atoms with van der Waals surface area (Å²) in [6.07, 6.45) is 3.14. The van der Waals surface area contributed by atoms with Crippen LogP contribution in [0, 0.1) is 0 Å². The van der Waals surface area contributed by atoms with Gasteiger partial charge in [0.25, 0.3) is 0 Å². The number of fused-ring (bicyclic) bond motifs is 2. The number of phenolic OH excluding ortho intramolecular Hbond substituents is 4. The van der Waals surface area contributed by atoms with Crippen LogP contribution < -0.4 is 0 Å². The number of aromatic hydroxyl groups is 4. The highest BCUT2D eigenvalue weighted by Crippen LogP contribution is 2.44. The van der Waals surface area contributed by atoms with Crippen molar-refractivity contribution in [1.29, 1.82) is 0 Å². The van der Waals surface area contributed by atoms with Crippen molar-refractivity contribution in [2.45, 2.75) is 0 Å². The Labute approximate surface area is 160 Å². The van der Waals surface area contributed by atoms with Gasteiger partial charge in [-0.05, 0) is 36.4 Å². The first-order valence-electron chi connectivity index (χ1n) is 7.17. The SMILES string of the molecule is Cl.Cl.Oc1cc(-c2cc(O)c(O)c3cccnc23)c2ncccc2c1O. The maximum atomic E-state index is 10.0. The Kier molecular flexibility index (Phi) is 5.30. The van der Waals surface area contributed by atoms with Gasteiger partial charge in [-0.15, -0.1) is 24.8 Å². The Balaban J connectivity index is 0.00000121. The molecule has 134 valence electrons. The Morgan fingerprint density at radius 3 is 1.38 bits per heavy atom. The molecule has 0 unspecified atom stereocenters. The Morgan fingerprint density at radius 2 is 1.00 bits per heavy atom. The minimum atomic E-state index is -0.304. The molecule has 0 aliphatic rings. The highest BCUT2D eigenvalue weighted by Gasteiger charge is 2.18. The predicted molar refractivity (Wildman–Crippen MR) is 104 cm³/mol. The monoisotopic (exact) mass is 392 g/mol. The summed E-state index contributed by atoms with van der Waals surface area (Å²) in [5.74, 6) is -1.13. The van der Waals surface area contributed by atoms with Crippen molar-refractivity contribution in [3.63, 3.8) is 0 Å². The molecule has 4 aromatic rings. The van der Waals surface area contributed by atoms with E-state index in [9.17, 15) is 20.4 Å². The van der Waals surface area contributed by atoms with E-state index in [1.807, 2.05) is 0 Å². The molecule has 2 aromatic carbocycles. The summed E-state index contributed by atoms with van der Waals surface area (Å²) in [5, 5.41) is 40.9. The number of benzene rings is 2. The number of hydrogen-bond donors (Lipinski definition) is 4. The van der Waals surface area contributed by atoms with Crippen LogP contribution in [0.5, 0.6) is 23.0 Å². The molecule has 6 nitrogen and oxygen atoms in total. The molecule has 4 rings (SSSR count). The van der Waals surface area contributed by atoms with Crippen molar-refractivity contribution in [2.24, 2.45) is 0 Å². The van der Waals surface area contributed by atoms with Crippen LogP contribution in [0.3, 0.4) is 0 Å². The van der Waals surface area contributed by atoms with Crippen LogP contribution >= 0.6 is 24.8 Å².